The monoisotopic (exact) mass is 221 g/mol. The predicted octanol–water partition coefficient (Wildman–Crippen LogP) is 4.69. The number of nitrogens with zero attached hydrogens (tertiary/aromatic N) is 1. The van der Waals surface area contributed by atoms with Crippen LogP contribution < -0.4 is 0 Å². The standard InChI is InChI=1S/C15H27N/c1-7-9-16-14(15(5,6)8-2)13-11(3)10-12(13)4/h7,9,11-13H,8,10H2,1-6H3/b9-7-,16-14+. The molecule has 0 saturated heterocycles. The largest absolute Gasteiger partial charge is 0.265 e. The van der Waals surface area contributed by atoms with Gasteiger partial charge in [0, 0.05) is 23.2 Å². The molecule has 0 aromatic rings. The molecule has 0 N–H and O–H groups in total. The molecule has 0 heterocycles. The first-order valence-electron chi connectivity index (χ1n) is 6.63. The van der Waals surface area contributed by atoms with Crippen molar-refractivity contribution in [3.05, 3.63) is 12.3 Å². The van der Waals surface area contributed by atoms with Crippen LogP contribution in [0.1, 0.15) is 54.4 Å². The van der Waals surface area contributed by atoms with Crippen molar-refractivity contribution in [3.63, 3.8) is 0 Å². The summed E-state index contributed by atoms with van der Waals surface area (Å²) in [6.07, 6.45) is 6.52. The minimum atomic E-state index is 0.243. The third kappa shape index (κ3) is 2.56. The summed E-state index contributed by atoms with van der Waals surface area (Å²) in [5, 5.41) is 0. The van der Waals surface area contributed by atoms with Gasteiger partial charge in [0.25, 0.3) is 0 Å². The molecule has 0 bridgehead atoms. The summed E-state index contributed by atoms with van der Waals surface area (Å²) in [6, 6.07) is 0. The highest BCUT2D eigenvalue weighted by Gasteiger charge is 2.42. The van der Waals surface area contributed by atoms with Crippen LogP contribution in [-0.2, 0) is 0 Å². The molecule has 0 aromatic heterocycles. The summed E-state index contributed by atoms with van der Waals surface area (Å²) in [5.74, 6) is 2.32. The molecular formula is C15H27N. The predicted molar refractivity (Wildman–Crippen MR) is 72.8 cm³/mol. The molecule has 2 atom stereocenters. The molecular weight excluding hydrogens is 194 g/mol. The van der Waals surface area contributed by atoms with E-state index >= 15 is 0 Å². The van der Waals surface area contributed by atoms with Crippen LogP contribution in [0.2, 0.25) is 0 Å². The van der Waals surface area contributed by atoms with E-state index in [1.165, 1.54) is 18.6 Å². The van der Waals surface area contributed by atoms with Crippen LogP contribution in [0.15, 0.2) is 17.3 Å². The lowest BCUT2D eigenvalue weighted by atomic mass is 9.59. The molecule has 1 nitrogen and oxygen atoms in total. The number of hydrogen-bond acceptors (Lipinski definition) is 1. The number of hydrogen-bond donors (Lipinski definition) is 0. The first kappa shape index (κ1) is 13.5. The van der Waals surface area contributed by atoms with Crippen molar-refractivity contribution >= 4 is 5.71 Å². The highest BCUT2D eigenvalue weighted by atomic mass is 14.8. The van der Waals surface area contributed by atoms with Crippen LogP contribution >= 0.6 is 0 Å². The minimum Gasteiger partial charge on any atom is -0.265 e. The second kappa shape index (κ2) is 5.16. The zero-order valence-electron chi connectivity index (χ0n) is 11.7. The van der Waals surface area contributed by atoms with Gasteiger partial charge in [0.2, 0.25) is 0 Å². The molecule has 1 aliphatic carbocycles. The van der Waals surface area contributed by atoms with Gasteiger partial charge in [0.1, 0.15) is 0 Å². The van der Waals surface area contributed by atoms with Crippen LogP contribution in [0.4, 0.5) is 0 Å². The molecule has 1 rings (SSSR count). The lowest BCUT2D eigenvalue weighted by Gasteiger charge is -2.46. The average molecular weight is 221 g/mol. The fourth-order valence-corrected chi connectivity index (χ4v) is 2.83. The second-order valence-electron chi connectivity index (χ2n) is 5.95. The van der Waals surface area contributed by atoms with Crippen LogP contribution in [0.25, 0.3) is 0 Å². The van der Waals surface area contributed by atoms with E-state index in [-0.39, 0.29) is 5.41 Å². The molecule has 0 amide bonds. The SMILES string of the molecule is C/C=C\N=C(/C1C(C)CC1C)C(C)(C)CC. The third-order valence-electron chi connectivity index (χ3n) is 4.23. The van der Waals surface area contributed by atoms with Gasteiger partial charge < -0.3 is 0 Å². The molecule has 0 radical (unpaired) electrons. The highest BCUT2D eigenvalue weighted by molar-refractivity contribution is 5.93. The Morgan fingerprint density at radius 3 is 2.25 bits per heavy atom. The second-order valence-corrected chi connectivity index (χ2v) is 5.95. The van der Waals surface area contributed by atoms with Crippen molar-refractivity contribution in [2.75, 3.05) is 0 Å². The molecule has 2 unspecified atom stereocenters. The van der Waals surface area contributed by atoms with Crippen molar-refractivity contribution in [3.8, 4) is 0 Å². The Morgan fingerprint density at radius 2 is 1.88 bits per heavy atom. The van der Waals surface area contributed by atoms with Gasteiger partial charge in [0.15, 0.2) is 0 Å². The van der Waals surface area contributed by atoms with Crippen molar-refractivity contribution in [2.24, 2.45) is 28.2 Å². The Balaban J connectivity index is 2.96. The quantitative estimate of drug-likeness (QED) is 0.611. The first-order valence-corrected chi connectivity index (χ1v) is 6.63. The average Bonchev–Trinajstić information content (AvgIpc) is 2.23. The van der Waals surface area contributed by atoms with E-state index in [2.05, 4.69) is 34.6 Å². The van der Waals surface area contributed by atoms with Gasteiger partial charge in [-0.15, -0.1) is 0 Å². The van der Waals surface area contributed by atoms with Gasteiger partial charge in [0.05, 0.1) is 0 Å². The van der Waals surface area contributed by atoms with Crippen molar-refractivity contribution in [2.45, 2.75) is 54.4 Å². The summed E-state index contributed by atoms with van der Waals surface area (Å²) < 4.78 is 0. The van der Waals surface area contributed by atoms with E-state index in [1.54, 1.807) is 0 Å². The topological polar surface area (TPSA) is 12.4 Å². The van der Waals surface area contributed by atoms with Crippen LogP contribution in [0.5, 0.6) is 0 Å². The summed E-state index contributed by atoms with van der Waals surface area (Å²) in [5.41, 5.74) is 1.66. The molecule has 0 aliphatic heterocycles. The molecule has 0 spiro atoms. The van der Waals surface area contributed by atoms with Crippen LogP contribution in [-0.4, -0.2) is 5.71 Å². The third-order valence-corrected chi connectivity index (χ3v) is 4.23. The van der Waals surface area contributed by atoms with Gasteiger partial charge in [-0.3, -0.25) is 4.99 Å². The Bertz CT molecular complexity index is 278. The number of aliphatic imine (C=N–C) groups is 1. The Kier molecular flexibility index (Phi) is 4.35. The maximum atomic E-state index is 4.74. The minimum absolute atomic E-state index is 0.243. The molecule has 1 aliphatic rings. The van der Waals surface area contributed by atoms with Crippen molar-refractivity contribution in [1.29, 1.82) is 0 Å². The normalized spacial score (nSPS) is 31.9. The van der Waals surface area contributed by atoms with Gasteiger partial charge >= 0.3 is 0 Å². The summed E-state index contributed by atoms with van der Waals surface area (Å²) in [7, 11) is 0. The van der Waals surface area contributed by atoms with Crippen LogP contribution in [0, 0.1) is 23.2 Å². The van der Waals surface area contributed by atoms with Gasteiger partial charge in [-0.25, -0.2) is 0 Å². The maximum Gasteiger partial charge on any atom is 0.0271 e. The highest BCUT2D eigenvalue weighted by Crippen LogP contribution is 2.45. The smallest absolute Gasteiger partial charge is 0.0271 e. The number of allylic oxidation sites excluding steroid dienone is 1. The molecule has 1 saturated carbocycles. The van der Waals surface area contributed by atoms with Crippen molar-refractivity contribution < 1.29 is 0 Å². The van der Waals surface area contributed by atoms with E-state index < -0.39 is 0 Å². The van der Waals surface area contributed by atoms with Gasteiger partial charge in [-0.05, 0) is 31.6 Å². The molecule has 1 heteroatoms. The Morgan fingerprint density at radius 1 is 1.31 bits per heavy atom. The molecule has 92 valence electrons. The van der Waals surface area contributed by atoms with E-state index in [1.807, 2.05) is 19.2 Å². The Hall–Kier alpha value is -0.590. The van der Waals surface area contributed by atoms with E-state index in [0.717, 1.165) is 11.8 Å². The number of rotatable bonds is 4. The van der Waals surface area contributed by atoms with E-state index in [9.17, 15) is 0 Å². The van der Waals surface area contributed by atoms with E-state index in [4.69, 9.17) is 4.99 Å². The zero-order chi connectivity index (χ0) is 12.3. The summed E-state index contributed by atoms with van der Waals surface area (Å²) in [6.45, 7) is 13.7. The lowest BCUT2D eigenvalue weighted by Crippen LogP contribution is -2.44. The fourth-order valence-electron chi connectivity index (χ4n) is 2.83. The first-order chi connectivity index (χ1) is 7.44. The summed E-state index contributed by atoms with van der Waals surface area (Å²) in [4.78, 5) is 4.74. The molecule has 1 fully saturated rings. The van der Waals surface area contributed by atoms with E-state index in [0.29, 0.717) is 5.92 Å². The molecule has 16 heavy (non-hydrogen) atoms. The Labute approximate surface area is 101 Å². The summed E-state index contributed by atoms with van der Waals surface area (Å²) >= 11 is 0. The maximum absolute atomic E-state index is 4.74. The zero-order valence-corrected chi connectivity index (χ0v) is 11.7. The van der Waals surface area contributed by atoms with Gasteiger partial charge in [-0.1, -0.05) is 40.7 Å². The molecule has 0 aromatic carbocycles. The lowest BCUT2D eigenvalue weighted by molar-refractivity contribution is 0.155. The van der Waals surface area contributed by atoms with Gasteiger partial charge in [-0.2, -0.15) is 0 Å². The van der Waals surface area contributed by atoms with Crippen LogP contribution in [0.3, 0.4) is 0 Å². The van der Waals surface area contributed by atoms with Crippen molar-refractivity contribution in [1.82, 2.24) is 0 Å². The fraction of sp³-hybridized carbons (Fsp3) is 0.800.